The normalized spacial score (nSPS) is 11.2. The van der Waals surface area contributed by atoms with E-state index in [1.54, 1.807) is 47.1 Å². The summed E-state index contributed by atoms with van der Waals surface area (Å²) in [6.45, 7) is 0.146. The number of benzene rings is 3. The molecule has 0 bridgehead atoms. The zero-order chi connectivity index (χ0) is 17.4. The molecular formula is C20H13F3N2. The summed E-state index contributed by atoms with van der Waals surface area (Å²) >= 11 is 0. The molecule has 4 aromatic rings. The average Bonchev–Trinajstić information content (AvgIpc) is 2.97. The van der Waals surface area contributed by atoms with E-state index in [-0.39, 0.29) is 23.7 Å². The molecule has 0 aliphatic carbocycles. The number of aromatic nitrogens is 2. The number of hydrogen-bond acceptors (Lipinski definition) is 1. The monoisotopic (exact) mass is 338 g/mol. The maximum atomic E-state index is 14.2. The molecule has 3 aromatic carbocycles. The van der Waals surface area contributed by atoms with Crippen molar-refractivity contribution in [2.24, 2.45) is 0 Å². The Bertz CT molecular complexity index is 1050. The third-order valence-electron chi connectivity index (χ3n) is 4.12. The van der Waals surface area contributed by atoms with Crippen LogP contribution in [-0.4, -0.2) is 9.78 Å². The van der Waals surface area contributed by atoms with Crippen LogP contribution < -0.4 is 0 Å². The summed E-state index contributed by atoms with van der Waals surface area (Å²) in [5.74, 6) is -1.17. The first-order chi connectivity index (χ1) is 12.1. The minimum atomic E-state index is -0.451. The number of halogens is 3. The fourth-order valence-corrected chi connectivity index (χ4v) is 2.93. The molecule has 25 heavy (non-hydrogen) atoms. The maximum Gasteiger partial charge on any atom is 0.151 e. The molecule has 0 atom stereocenters. The zero-order valence-corrected chi connectivity index (χ0v) is 13.1. The standard InChI is InChI=1S/C20H13F3N2/c21-15-10-8-13(9-11-15)20-16-5-3-7-18(23)19(16)24-25(20)12-14-4-1-2-6-17(14)22/h1-11H,12H2. The Balaban J connectivity index is 1.94. The number of fused-ring (bicyclic) bond motifs is 1. The van der Waals surface area contributed by atoms with Crippen molar-refractivity contribution < 1.29 is 13.2 Å². The molecule has 4 rings (SSSR count). The first kappa shape index (κ1) is 15.4. The molecule has 0 amide bonds. The minimum Gasteiger partial charge on any atom is -0.259 e. The lowest BCUT2D eigenvalue weighted by atomic mass is 10.1. The van der Waals surface area contributed by atoms with Crippen LogP contribution in [0.3, 0.4) is 0 Å². The van der Waals surface area contributed by atoms with Gasteiger partial charge in [-0.05, 0) is 36.4 Å². The van der Waals surface area contributed by atoms with Gasteiger partial charge in [-0.3, -0.25) is 4.68 Å². The van der Waals surface area contributed by atoms with Crippen LogP contribution in [0.15, 0.2) is 66.7 Å². The van der Waals surface area contributed by atoms with Gasteiger partial charge < -0.3 is 0 Å². The molecule has 0 saturated carbocycles. The van der Waals surface area contributed by atoms with E-state index in [2.05, 4.69) is 5.10 Å². The van der Waals surface area contributed by atoms with Crippen LogP contribution in [-0.2, 0) is 6.54 Å². The van der Waals surface area contributed by atoms with Crippen molar-refractivity contribution in [1.82, 2.24) is 9.78 Å². The predicted molar refractivity (Wildman–Crippen MR) is 90.6 cm³/mol. The Morgan fingerprint density at radius 3 is 2.24 bits per heavy atom. The van der Waals surface area contributed by atoms with Gasteiger partial charge in [0.2, 0.25) is 0 Å². The highest BCUT2D eigenvalue weighted by Gasteiger charge is 2.17. The van der Waals surface area contributed by atoms with Gasteiger partial charge in [-0.1, -0.05) is 30.3 Å². The minimum absolute atomic E-state index is 0.146. The number of hydrogen-bond donors (Lipinski definition) is 0. The predicted octanol–water partition coefficient (Wildman–Crippen LogP) is 5.17. The molecule has 0 spiro atoms. The molecule has 0 aliphatic rings. The summed E-state index contributed by atoms with van der Waals surface area (Å²) in [7, 11) is 0. The summed E-state index contributed by atoms with van der Waals surface area (Å²) in [4.78, 5) is 0. The van der Waals surface area contributed by atoms with Crippen molar-refractivity contribution in [2.45, 2.75) is 6.54 Å². The van der Waals surface area contributed by atoms with Crippen molar-refractivity contribution in [1.29, 1.82) is 0 Å². The fourth-order valence-electron chi connectivity index (χ4n) is 2.93. The Labute approximate surface area is 142 Å². The number of rotatable bonds is 3. The lowest BCUT2D eigenvalue weighted by molar-refractivity contribution is 0.586. The highest BCUT2D eigenvalue weighted by Crippen LogP contribution is 2.31. The van der Waals surface area contributed by atoms with E-state index in [1.807, 2.05) is 0 Å². The molecule has 0 aliphatic heterocycles. The molecule has 0 radical (unpaired) electrons. The Hall–Kier alpha value is -3.08. The van der Waals surface area contributed by atoms with Crippen LogP contribution in [0.1, 0.15) is 5.56 Å². The van der Waals surface area contributed by atoms with Crippen molar-refractivity contribution in [3.8, 4) is 11.3 Å². The van der Waals surface area contributed by atoms with Crippen molar-refractivity contribution in [2.75, 3.05) is 0 Å². The lowest BCUT2D eigenvalue weighted by Crippen LogP contribution is -2.05. The van der Waals surface area contributed by atoms with Gasteiger partial charge in [0.25, 0.3) is 0 Å². The SMILES string of the molecule is Fc1ccc(-c2c3cccc(F)c3nn2Cc2ccccc2F)cc1. The largest absolute Gasteiger partial charge is 0.259 e. The molecule has 1 heterocycles. The molecule has 0 N–H and O–H groups in total. The summed E-state index contributed by atoms with van der Waals surface area (Å²) in [5.41, 5.74) is 1.96. The molecule has 0 fully saturated rings. The number of nitrogens with zero attached hydrogens (tertiary/aromatic N) is 2. The van der Waals surface area contributed by atoms with Gasteiger partial charge in [-0.25, -0.2) is 13.2 Å². The van der Waals surface area contributed by atoms with Crippen molar-refractivity contribution >= 4 is 10.9 Å². The molecule has 0 saturated heterocycles. The summed E-state index contributed by atoms with van der Waals surface area (Å²) in [6.07, 6.45) is 0. The lowest BCUT2D eigenvalue weighted by Gasteiger charge is -2.09. The molecular weight excluding hydrogens is 325 g/mol. The molecule has 1 aromatic heterocycles. The van der Waals surface area contributed by atoms with Crippen LogP contribution >= 0.6 is 0 Å². The van der Waals surface area contributed by atoms with Crippen LogP contribution in [0.5, 0.6) is 0 Å². The Morgan fingerprint density at radius 1 is 0.760 bits per heavy atom. The van der Waals surface area contributed by atoms with E-state index < -0.39 is 5.82 Å². The Kier molecular flexibility index (Phi) is 3.76. The third-order valence-corrected chi connectivity index (χ3v) is 4.12. The molecule has 5 heteroatoms. The highest BCUT2D eigenvalue weighted by molar-refractivity contribution is 5.93. The second-order valence-corrected chi connectivity index (χ2v) is 5.74. The van der Waals surface area contributed by atoms with Gasteiger partial charge in [0.15, 0.2) is 5.82 Å². The van der Waals surface area contributed by atoms with Crippen LogP contribution in [0.2, 0.25) is 0 Å². The quantitative estimate of drug-likeness (QED) is 0.504. The third kappa shape index (κ3) is 2.78. The summed E-state index contributed by atoms with van der Waals surface area (Å²) < 4.78 is 43.0. The fraction of sp³-hybridized carbons (Fsp3) is 0.0500. The van der Waals surface area contributed by atoms with E-state index in [0.29, 0.717) is 22.2 Å². The summed E-state index contributed by atoms with van der Waals surface area (Å²) in [6, 6.07) is 16.9. The van der Waals surface area contributed by atoms with E-state index in [9.17, 15) is 13.2 Å². The van der Waals surface area contributed by atoms with Gasteiger partial charge in [0.05, 0.1) is 12.2 Å². The van der Waals surface area contributed by atoms with Crippen LogP contribution in [0.25, 0.3) is 22.2 Å². The topological polar surface area (TPSA) is 17.8 Å². The zero-order valence-electron chi connectivity index (χ0n) is 13.1. The van der Waals surface area contributed by atoms with Crippen molar-refractivity contribution in [3.63, 3.8) is 0 Å². The maximum absolute atomic E-state index is 14.2. The van der Waals surface area contributed by atoms with E-state index in [0.717, 1.165) is 0 Å². The Morgan fingerprint density at radius 2 is 1.48 bits per heavy atom. The van der Waals surface area contributed by atoms with E-state index in [1.165, 1.54) is 24.3 Å². The summed E-state index contributed by atoms with van der Waals surface area (Å²) in [5, 5.41) is 4.93. The second kappa shape index (κ2) is 6.09. The molecule has 124 valence electrons. The molecule has 0 unspecified atom stereocenters. The molecule has 2 nitrogen and oxygen atoms in total. The first-order valence-electron chi connectivity index (χ1n) is 7.78. The van der Waals surface area contributed by atoms with Gasteiger partial charge >= 0.3 is 0 Å². The average molecular weight is 338 g/mol. The van der Waals surface area contributed by atoms with Crippen LogP contribution in [0, 0.1) is 17.5 Å². The second-order valence-electron chi connectivity index (χ2n) is 5.74. The van der Waals surface area contributed by atoms with E-state index >= 15 is 0 Å². The van der Waals surface area contributed by atoms with E-state index in [4.69, 9.17) is 0 Å². The van der Waals surface area contributed by atoms with Gasteiger partial charge in [0.1, 0.15) is 17.2 Å². The van der Waals surface area contributed by atoms with Gasteiger partial charge in [0, 0.05) is 16.5 Å². The smallest absolute Gasteiger partial charge is 0.151 e. The van der Waals surface area contributed by atoms with Gasteiger partial charge in [-0.15, -0.1) is 0 Å². The van der Waals surface area contributed by atoms with Gasteiger partial charge in [-0.2, -0.15) is 5.10 Å². The first-order valence-corrected chi connectivity index (χ1v) is 7.78. The van der Waals surface area contributed by atoms with Crippen LogP contribution in [0.4, 0.5) is 13.2 Å². The highest BCUT2D eigenvalue weighted by atomic mass is 19.1. The van der Waals surface area contributed by atoms with Crippen molar-refractivity contribution in [3.05, 3.63) is 89.7 Å².